The molecule has 0 saturated carbocycles. The van der Waals surface area contributed by atoms with E-state index in [0.717, 1.165) is 24.3 Å². The minimum Gasteiger partial charge on any atom is -0.497 e. The van der Waals surface area contributed by atoms with Crippen LogP contribution in [0.4, 0.5) is 0 Å². The standard InChI is InChI=1S/C18H18O2/c1-19-16-10-13(11-17(12-16)20-2)9-15-7-3-5-14-6-4-8-18(14)15/h3-5,7-8,10-12H,6,9H2,1-2H3. The number of methoxy groups -OCH3 is 2. The Hall–Kier alpha value is -2.22. The van der Waals surface area contributed by atoms with E-state index < -0.39 is 0 Å². The zero-order valence-electron chi connectivity index (χ0n) is 11.8. The Balaban J connectivity index is 1.95. The second kappa shape index (κ2) is 5.41. The van der Waals surface area contributed by atoms with Crippen molar-refractivity contribution in [2.45, 2.75) is 12.8 Å². The van der Waals surface area contributed by atoms with Crippen molar-refractivity contribution in [1.29, 1.82) is 0 Å². The molecule has 0 amide bonds. The Bertz CT molecular complexity index is 634. The Labute approximate surface area is 119 Å². The largest absolute Gasteiger partial charge is 0.497 e. The SMILES string of the molecule is COc1cc(Cc2cccc3c2C=CC3)cc(OC)c1. The van der Waals surface area contributed by atoms with Gasteiger partial charge in [-0.15, -0.1) is 0 Å². The van der Waals surface area contributed by atoms with E-state index in [1.165, 1.54) is 22.3 Å². The van der Waals surface area contributed by atoms with Crippen LogP contribution in [-0.2, 0) is 12.8 Å². The lowest BCUT2D eigenvalue weighted by Gasteiger charge is -2.11. The summed E-state index contributed by atoms with van der Waals surface area (Å²) in [5, 5.41) is 0. The second-order valence-corrected chi connectivity index (χ2v) is 4.99. The van der Waals surface area contributed by atoms with Gasteiger partial charge in [0.15, 0.2) is 0 Å². The van der Waals surface area contributed by atoms with Gasteiger partial charge in [-0.1, -0.05) is 30.4 Å². The first kappa shape index (κ1) is 12.8. The molecule has 3 rings (SSSR count). The van der Waals surface area contributed by atoms with E-state index in [0.29, 0.717) is 0 Å². The van der Waals surface area contributed by atoms with Crippen molar-refractivity contribution in [2.24, 2.45) is 0 Å². The minimum atomic E-state index is 0.836. The van der Waals surface area contributed by atoms with Crippen LogP contribution in [0.5, 0.6) is 11.5 Å². The van der Waals surface area contributed by atoms with Crippen molar-refractivity contribution in [1.82, 2.24) is 0 Å². The molecule has 0 spiro atoms. The second-order valence-electron chi connectivity index (χ2n) is 4.99. The van der Waals surface area contributed by atoms with Crippen LogP contribution in [0.3, 0.4) is 0 Å². The highest BCUT2D eigenvalue weighted by atomic mass is 16.5. The van der Waals surface area contributed by atoms with Crippen LogP contribution in [0.25, 0.3) is 6.08 Å². The summed E-state index contributed by atoms with van der Waals surface area (Å²) in [5.41, 5.74) is 5.34. The van der Waals surface area contributed by atoms with Crippen LogP contribution < -0.4 is 9.47 Å². The number of hydrogen-bond acceptors (Lipinski definition) is 2. The summed E-state index contributed by atoms with van der Waals surface area (Å²) < 4.78 is 10.7. The van der Waals surface area contributed by atoms with E-state index >= 15 is 0 Å². The Morgan fingerprint density at radius 3 is 2.45 bits per heavy atom. The van der Waals surface area contributed by atoms with Crippen LogP contribution >= 0.6 is 0 Å². The van der Waals surface area contributed by atoms with Gasteiger partial charge in [-0.25, -0.2) is 0 Å². The topological polar surface area (TPSA) is 18.5 Å². The summed E-state index contributed by atoms with van der Waals surface area (Å²) >= 11 is 0. The van der Waals surface area contributed by atoms with Crippen LogP contribution in [0.15, 0.2) is 42.5 Å². The van der Waals surface area contributed by atoms with E-state index in [4.69, 9.17) is 9.47 Å². The summed E-state index contributed by atoms with van der Waals surface area (Å²) in [6.45, 7) is 0. The highest BCUT2D eigenvalue weighted by Gasteiger charge is 2.11. The molecule has 0 N–H and O–H groups in total. The predicted octanol–water partition coefficient (Wildman–Crippen LogP) is 3.86. The van der Waals surface area contributed by atoms with Crippen molar-refractivity contribution in [2.75, 3.05) is 14.2 Å². The van der Waals surface area contributed by atoms with Crippen molar-refractivity contribution in [3.05, 3.63) is 64.7 Å². The van der Waals surface area contributed by atoms with Gasteiger partial charge in [0.05, 0.1) is 14.2 Å². The summed E-state index contributed by atoms with van der Waals surface area (Å²) in [6, 6.07) is 12.6. The highest BCUT2D eigenvalue weighted by Crippen LogP contribution is 2.28. The van der Waals surface area contributed by atoms with Gasteiger partial charge in [-0.3, -0.25) is 0 Å². The lowest BCUT2D eigenvalue weighted by atomic mass is 9.97. The van der Waals surface area contributed by atoms with Crippen LogP contribution in [0.2, 0.25) is 0 Å². The molecule has 1 aliphatic carbocycles. The van der Waals surface area contributed by atoms with E-state index in [-0.39, 0.29) is 0 Å². The molecule has 0 unspecified atom stereocenters. The molecule has 0 bridgehead atoms. The Morgan fingerprint density at radius 1 is 1.00 bits per heavy atom. The molecular weight excluding hydrogens is 248 g/mol. The van der Waals surface area contributed by atoms with Crippen molar-refractivity contribution in [3.63, 3.8) is 0 Å². The van der Waals surface area contributed by atoms with E-state index in [9.17, 15) is 0 Å². The molecule has 0 radical (unpaired) electrons. The van der Waals surface area contributed by atoms with Crippen molar-refractivity contribution >= 4 is 6.08 Å². The third kappa shape index (κ3) is 2.42. The molecule has 2 aromatic carbocycles. The fraction of sp³-hybridized carbons (Fsp3) is 0.222. The van der Waals surface area contributed by atoms with Gasteiger partial charge in [0.2, 0.25) is 0 Å². The third-order valence-electron chi connectivity index (χ3n) is 3.71. The fourth-order valence-corrected chi connectivity index (χ4v) is 2.70. The molecule has 0 aliphatic heterocycles. The molecule has 0 heterocycles. The van der Waals surface area contributed by atoms with Gasteiger partial charge < -0.3 is 9.47 Å². The predicted molar refractivity (Wildman–Crippen MR) is 81.5 cm³/mol. The zero-order chi connectivity index (χ0) is 13.9. The molecule has 2 aromatic rings. The molecule has 1 aliphatic rings. The summed E-state index contributed by atoms with van der Waals surface area (Å²) in [4.78, 5) is 0. The highest BCUT2D eigenvalue weighted by molar-refractivity contribution is 5.64. The maximum absolute atomic E-state index is 5.33. The normalized spacial score (nSPS) is 12.3. The molecule has 0 atom stereocenters. The lowest BCUT2D eigenvalue weighted by Crippen LogP contribution is -1.96. The molecule has 20 heavy (non-hydrogen) atoms. The first-order chi connectivity index (χ1) is 9.80. The quantitative estimate of drug-likeness (QED) is 0.836. The van der Waals surface area contributed by atoms with E-state index in [2.05, 4.69) is 42.5 Å². The summed E-state index contributed by atoms with van der Waals surface area (Å²) in [7, 11) is 3.36. The fourth-order valence-electron chi connectivity index (χ4n) is 2.70. The summed E-state index contributed by atoms with van der Waals surface area (Å²) in [6.07, 6.45) is 6.38. The zero-order valence-corrected chi connectivity index (χ0v) is 11.8. The Morgan fingerprint density at radius 2 is 1.75 bits per heavy atom. The molecule has 0 saturated heterocycles. The van der Waals surface area contributed by atoms with Gasteiger partial charge in [-0.05, 0) is 47.2 Å². The number of ether oxygens (including phenoxy) is 2. The first-order valence-electron chi connectivity index (χ1n) is 6.79. The average Bonchev–Trinajstić information content (AvgIpc) is 2.96. The maximum Gasteiger partial charge on any atom is 0.122 e. The van der Waals surface area contributed by atoms with Crippen molar-refractivity contribution in [3.8, 4) is 11.5 Å². The van der Waals surface area contributed by atoms with Gasteiger partial charge in [0.25, 0.3) is 0 Å². The molecular formula is C18H18O2. The number of rotatable bonds is 4. The number of fused-ring (bicyclic) bond motifs is 1. The van der Waals surface area contributed by atoms with Crippen LogP contribution in [0.1, 0.15) is 22.3 Å². The minimum absolute atomic E-state index is 0.836. The van der Waals surface area contributed by atoms with Gasteiger partial charge in [-0.2, -0.15) is 0 Å². The first-order valence-corrected chi connectivity index (χ1v) is 6.79. The van der Waals surface area contributed by atoms with E-state index in [1.807, 2.05) is 6.07 Å². The van der Waals surface area contributed by atoms with Gasteiger partial charge in [0.1, 0.15) is 11.5 Å². The molecule has 2 heteroatoms. The van der Waals surface area contributed by atoms with Gasteiger partial charge in [0, 0.05) is 6.07 Å². The van der Waals surface area contributed by atoms with E-state index in [1.54, 1.807) is 14.2 Å². The van der Waals surface area contributed by atoms with Gasteiger partial charge >= 0.3 is 0 Å². The molecule has 2 nitrogen and oxygen atoms in total. The molecule has 102 valence electrons. The van der Waals surface area contributed by atoms with Crippen LogP contribution in [0, 0.1) is 0 Å². The number of allylic oxidation sites excluding steroid dienone is 1. The van der Waals surface area contributed by atoms with Crippen molar-refractivity contribution < 1.29 is 9.47 Å². The Kier molecular flexibility index (Phi) is 3.46. The third-order valence-corrected chi connectivity index (χ3v) is 3.71. The molecule has 0 fully saturated rings. The number of benzene rings is 2. The maximum atomic E-state index is 5.33. The van der Waals surface area contributed by atoms with Crippen LogP contribution in [-0.4, -0.2) is 14.2 Å². The monoisotopic (exact) mass is 266 g/mol. The average molecular weight is 266 g/mol. The number of hydrogen-bond donors (Lipinski definition) is 0. The summed E-state index contributed by atoms with van der Waals surface area (Å²) in [5.74, 6) is 1.67. The smallest absolute Gasteiger partial charge is 0.122 e. The lowest BCUT2D eigenvalue weighted by molar-refractivity contribution is 0.393. The molecule has 0 aromatic heterocycles.